The number of hydrogen-bond donors (Lipinski definition) is 1. The molecule has 0 atom stereocenters. The van der Waals surface area contributed by atoms with Gasteiger partial charge in [0.15, 0.2) is 0 Å². The highest BCUT2D eigenvalue weighted by Gasteiger charge is 2.31. The first-order valence-electron chi connectivity index (χ1n) is 6.07. The molecular formula is C13H18F4N2. The Morgan fingerprint density at radius 2 is 1.89 bits per heavy atom. The minimum atomic E-state index is -4.53. The lowest BCUT2D eigenvalue weighted by Gasteiger charge is -2.27. The van der Waals surface area contributed by atoms with Crippen LogP contribution in [0.2, 0.25) is 0 Å². The number of benzene rings is 1. The van der Waals surface area contributed by atoms with Crippen LogP contribution < -0.4 is 10.6 Å². The van der Waals surface area contributed by atoms with Crippen molar-refractivity contribution in [3.05, 3.63) is 29.6 Å². The Bertz CT molecular complexity index is 416. The Morgan fingerprint density at radius 1 is 1.26 bits per heavy atom. The minimum absolute atomic E-state index is 0.159. The zero-order valence-electron chi connectivity index (χ0n) is 11.0. The predicted octanol–water partition coefficient (Wildman–Crippen LogP) is 3.27. The van der Waals surface area contributed by atoms with E-state index in [-0.39, 0.29) is 11.6 Å². The normalized spacial score (nSPS) is 12.0. The molecule has 0 aliphatic rings. The molecule has 1 aromatic rings. The Hall–Kier alpha value is -1.30. The molecule has 6 heteroatoms. The maximum atomic E-state index is 13.8. The van der Waals surface area contributed by atoms with Gasteiger partial charge in [0.05, 0.1) is 11.3 Å². The number of rotatable bonds is 5. The summed E-state index contributed by atoms with van der Waals surface area (Å²) in [5.74, 6) is -0.614. The second-order valence-corrected chi connectivity index (χ2v) is 4.79. The van der Waals surface area contributed by atoms with Gasteiger partial charge in [0.25, 0.3) is 0 Å². The van der Waals surface area contributed by atoms with Crippen molar-refractivity contribution >= 4 is 5.69 Å². The largest absolute Gasteiger partial charge is 0.416 e. The third-order valence-electron chi connectivity index (χ3n) is 2.60. The van der Waals surface area contributed by atoms with Crippen LogP contribution in [0.4, 0.5) is 23.2 Å². The number of nitrogens with zero attached hydrogens (tertiary/aromatic N) is 1. The number of hydrogen-bond acceptors (Lipinski definition) is 2. The summed E-state index contributed by atoms with van der Waals surface area (Å²) >= 11 is 0. The lowest BCUT2D eigenvalue weighted by atomic mass is 10.1. The van der Waals surface area contributed by atoms with Crippen LogP contribution in [0.15, 0.2) is 18.2 Å². The molecule has 2 nitrogen and oxygen atoms in total. The molecule has 0 aliphatic carbocycles. The molecule has 2 N–H and O–H groups in total. The van der Waals surface area contributed by atoms with Gasteiger partial charge in [0.2, 0.25) is 0 Å². The highest BCUT2D eigenvalue weighted by atomic mass is 19.4. The van der Waals surface area contributed by atoms with Crippen molar-refractivity contribution in [3.63, 3.8) is 0 Å². The number of halogens is 4. The van der Waals surface area contributed by atoms with Gasteiger partial charge in [-0.1, -0.05) is 13.8 Å². The van der Waals surface area contributed by atoms with Crippen LogP contribution in [0.5, 0.6) is 0 Å². The molecule has 0 spiro atoms. The van der Waals surface area contributed by atoms with Crippen molar-refractivity contribution in [3.8, 4) is 0 Å². The molecule has 0 aliphatic heterocycles. The summed E-state index contributed by atoms with van der Waals surface area (Å²) in [4.78, 5) is 1.67. The molecule has 0 heterocycles. The van der Waals surface area contributed by atoms with Crippen molar-refractivity contribution in [2.45, 2.75) is 20.0 Å². The third kappa shape index (κ3) is 4.38. The number of anilines is 1. The molecule has 0 radical (unpaired) electrons. The summed E-state index contributed by atoms with van der Waals surface area (Å²) in [5.41, 5.74) is 4.63. The van der Waals surface area contributed by atoms with Crippen molar-refractivity contribution in [1.29, 1.82) is 0 Å². The second kappa shape index (κ2) is 6.23. The summed E-state index contributed by atoms with van der Waals surface area (Å²) in [6, 6.07) is 2.58. The quantitative estimate of drug-likeness (QED) is 0.838. The summed E-state index contributed by atoms with van der Waals surface area (Å²) in [7, 11) is 0. The van der Waals surface area contributed by atoms with Crippen LogP contribution in [-0.2, 0) is 6.18 Å². The van der Waals surface area contributed by atoms with Crippen molar-refractivity contribution in [2.24, 2.45) is 11.7 Å². The fourth-order valence-electron chi connectivity index (χ4n) is 1.85. The van der Waals surface area contributed by atoms with Crippen molar-refractivity contribution < 1.29 is 17.6 Å². The van der Waals surface area contributed by atoms with E-state index in [0.29, 0.717) is 25.7 Å². The van der Waals surface area contributed by atoms with Crippen LogP contribution in [0, 0.1) is 11.7 Å². The topological polar surface area (TPSA) is 29.3 Å². The molecular weight excluding hydrogens is 260 g/mol. The lowest BCUT2D eigenvalue weighted by molar-refractivity contribution is -0.137. The van der Waals surface area contributed by atoms with Crippen molar-refractivity contribution in [1.82, 2.24) is 0 Å². The molecule has 1 rings (SSSR count). The van der Waals surface area contributed by atoms with E-state index < -0.39 is 17.6 Å². The molecule has 0 fully saturated rings. The molecule has 0 unspecified atom stereocenters. The van der Waals surface area contributed by atoms with Gasteiger partial charge in [0, 0.05) is 19.6 Å². The van der Waals surface area contributed by atoms with Crippen LogP contribution in [0.1, 0.15) is 19.4 Å². The maximum absolute atomic E-state index is 13.8. The zero-order chi connectivity index (χ0) is 14.6. The molecule has 108 valence electrons. The van der Waals surface area contributed by atoms with Gasteiger partial charge in [-0.25, -0.2) is 4.39 Å². The second-order valence-electron chi connectivity index (χ2n) is 4.79. The smallest absolute Gasteiger partial charge is 0.368 e. The van der Waals surface area contributed by atoms with E-state index in [1.165, 1.54) is 0 Å². The SMILES string of the molecule is CC(C)CN(CCN)c1ccc(C(F)(F)F)cc1F. The van der Waals surface area contributed by atoms with Gasteiger partial charge >= 0.3 is 6.18 Å². The van der Waals surface area contributed by atoms with E-state index in [0.717, 1.165) is 12.1 Å². The summed E-state index contributed by atoms with van der Waals surface area (Å²) in [6.07, 6.45) is -4.53. The third-order valence-corrected chi connectivity index (χ3v) is 2.60. The first-order chi connectivity index (χ1) is 8.75. The maximum Gasteiger partial charge on any atom is 0.416 e. The number of nitrogens with two attached hydrogens (primary N) is 1. The van der Waals surface area contributed by atoms with E-state index >= 15 is 0 Å². The van der Waals surface area contributed by atoms with Gasteiger partial charge in [-0.05, 0) is 24.1 Å². The average Bonchev–Trinajstić information content (AvgIpc) is 2.26. The van der Waals surface area contributed by atoms with E-state index in [4.69, 9.17) is 5.73 Å². The standard InChI is InChI=1S/C13H18F4N2/c1-9(2)8-19(6-5-18)12-4-3-10(7-11(12)14)13(15,16)17/h3-4,7,9H,5-6,8,18H2,1-2H3. The Balaban J connectivity index is 3.04. The van der Waals surface area contributed by atoms with Gasteiger partial charge in [-0.15, -0.1) is 0 Å². The fourth-order valence-corrected chi connectivity index (χ4v) is 1.85. The summed E-state index contributed by atoms with van der Waals surface area (Å²) < 4.78 is 51.2. The van der Waals surface area contributed by atoms with Crippen LogP contribution >= 0.6 is 0 Å². The molecule has 19 heavy (non-hydrogen) atoms. The molecule has 0 saturated carbocycles. The molecule has 0 aromatic heterocycles. The van der Waals surface area contributed by atoms with Crippen LogP contribution in [-0.4, -0.2) is 19.6 Å². The van der Waals surface area contributed by atoms with Crippen LogP contribution in [0.3, 0.4) is 0 Å². The average molecular weight is 278 g/mol. The predicted molar refractivity (Wildman–Crippen MR) is 67.5 cm³/mol. The van der Waals surface area contributed by atoms with Crippen molar-refractivity contribution in [2.75, 3.05) is 24.5 Å². The van der Waals surface area contributed by atoms with Gasteiger partial charge in [-0.3, -0.25) is 0 Å². The zero-order valence-corrected chi connectivity index (χ0v) is 11.0. The molecule has 1 aromatic carbocycles. The van der Waals surface area contributed by atoms with Gasteiger partial charge < -0.3 is 10.6 Å². The summed E-state index contributed by atoms with van der Waals surface area (Å²) in [6.45, 7) is 5.16. The Kier molecular flexibility index (Phi) is 5.17. The van der Waals surface area contributed by atoms with Crippen LogP contribution in [0.25, 0.3) is 0 Å². The first kappa shape index (κ1) is 15.8. The minimum Gasteiger partial charge on any atom is -0.368 e. The summed E-state index contributed by atoms with van der Waals surface area (Å²) in [5, 5.41) is 0. The highest BCUT2D eigenvalue weighted by molar-refractivity contribution is 5.49. The Morgan fingerprint density at radius 3 is 2.32 bits per heavy atom. The lowest BCUT2D eigenvalue weighted by Crippen LogP contribution is -2.33. The molecule has 0 bridgehead atoms. The highest BCUT2D eigenvalue weighted by Crippen LogP contribution is 2.32. The van der Waals surface area contributed by atoms with Gasteiger partial charge in [0.1, 0.15) is 5.82 Å². The van der Waals surface area contributed by atoms with Gasteiger partial charge in [-0.2, -0.15) is 13.2 Å². The van der Waals surface area contributed by atoms with E-state index in [2.05, 4.69) is 0 Å². The molecule has 0 amide bonds. The number of alkyl halides is 3. The van der Waals surface area contributed by atoms with E-state index in [1.54, 1.807) is 4.90 Å². The van der Waals surface area contributed by atoms with E-state index in [1.807, 2.05) is 13.8 Å². The first-order valence-corrected chi connectivity index (χ1v) is 6.07. The molecule has 0 saturated heterocycles. The van der Waals surface area contributed by atoms with E-state index in [9.17, 15) is 17.6 Å². The monoisotopic (exact) mass is 278 g/mol. The Labute approximate surface area is 110 Å². The fraction of sp³-hybridized carbons (Fsp3) is 0.538.